The number of amides is 1. The van der Waals surface area contributed by atoms with E-state index in [-0.39, 0.29) is 30.7 Å². The van der Waals surface area contributed by atoms with E-state index < -0.39 is 5.97 Å². The first-order chi connectivity index (χ1) is 9.47. The monoisotopic (exact) mass is 280 g/mol. The molecule has 1 saturated heterocycles. The summed E-state index contributed by atoms with van der Waals surface area (Å²) in [7, 11) is 0. The fraction of sp³-hybridized carbons (Fsp3) is 0.643. The summed E-state index contributed by atoms with van der Waals surface area (Å²) < 4.78 is 5.26. The third-order valence-electron chi connectivity index (χ3n) is 3.59. The van der Waals surface area contributed by atoms with Crippen LogP contribution in [0.2, 0.25) is 0 Å². The van der Waals surface area contributed by atoms with Crippen molar-refractivity contribution in [3.63, 3.8) is 0 Å². The number of aliphatic carboxylic acids is 1. The van der Waals surface area contributed by atoms with E-state index in [4.69, 9.17) is 9.63 Å². The fourth-order valence-electron chi connectivity index (χ4n) is 2.69. The first kappa shape index (κ1) is 14.6. The Labute approximate surface area is 117 Å². The van der Waals surface area contributed by atoms with Gasteiger partial charge >= 0.3 is 5.97 Å². The number of aromatic nitrogens is 1. The smallest absolute Gasteiger partial charge is 0.303 e. The molecule has 1 N–H and O–H groups in total. The number of hydrogen-bond donors (Lipinski definition) is 1. The molecule has 1 aliphatic heterocycles. The van der Waals surface area contributed by atoms with Crippen LogP contribution < -0.4 is 0 Å². The molecule has 0 spiro atoms. The molecule has 2 unspecified atom stereocenters. The molecular formula is C14H20N2O4. The molecule has 2 rings (SSSR count). The molecule has 1 fully saturated rings. The van der Waals surface area contributed by atoms with Gasteiger partial charge in [0.25, 0.3) is 0 Å². The van der Waals surface area contributed by atoms with Crippen molar-refractivity contribution in [3.8, 4) is 0 Å². The van der Waals surface area contributed by atoms with E-state index >= 15 is 0 Å². The quantitative estimate of drug-likeness (QED) is 0.893. The van der Waals surface area contributed by atoms with Crippen molar-refractivity contribution in [3.05, 3.63) is 17.5 Å². The summed E-state index contributed by atoms with van der Waals surface area (Å²) in [5.41, 5.74) is 0.804. The molecule has 6 heteroatoms. The molecule has 1 aliphatic rings. The van der Waals surface area contributed by atoms with Gasteiger partial charge in [-0.15, -0.1) is 0 Å². The van der Waals surface area contributed by atoms with Crippen molar-refractivity contribution in [2.75, 3.05) is 6.54 Å². The lowest BCUT2D eigenvalue weighted by molar-refractivity contribution is -0.138. The molecule has 1 amide bonds. The van der Waals surface area contributed by atoms with E-state index in [9.17, 15) is 9.59 Å². The maximum atomic E-state index is 12.3. The largest absolute Gasteiger partial charge is 0.481 e. The molecule has 20 heavy (non-hydrogen) atoms. The van der Waals surface area contributed by atoms with Crippen molar-refractivity contribution in [2.45, 2.75) is 45.6 Å². The fourth-order valence-corrected chi connectivity index (χ4v) is 2.69. The second-order valence-electron chi connectivity index (χ2n) is 5.52. The summed E-state index contributed by atoms with van der Waals surface area (Å²) in [6, 6.07) is 1.80. The van der Waals surface area contributed by atoms with Gasteiger partial charge < -0.3 is 14.5 Å². The van der Waals surface area contributed by atoms with E-state index in [1.54, 1.807) is 11.8 Å². The molecule has 110 valence electrons. The van der Waals surface area contributed by atoms with E-state index in [0.717, 1.165) is 24.3 Å². The van der Waals surface area contributed by atoms with Crippen LogP contribution in [0.15, 0.2) is 10.6 Å². The molecule has 0 saturated carbocycles. The van der Waals surface area contributed by atoms with Crippen molar-refractivity contribution in [1.29, 1.82) is 0 Å². The summed E-state index contributed by atoms with van der Waals surface area (Å²) in [4.78, 5) is 24.7. The minimum absolute atomic E-state index is 0.00435. The van der Waals surface area contributed by atoms with Gasteiger partial charge in [-0.05, 0) is 25.7 Å². The van der Waals surface area contributed by atoms with Crippen LogP contribution in [0.3, 0.4) is 0 Å². The van der Waals surface area contributed by atoms with Crippen LogP contribution in [-0.2, 0) is 9.59 Å². The number of carbonyl (C=O) groups is 2. The molecule has 0 aliphatic carbocycles. The van der Waals surface area contributed by atoms with Crippen LogP contribution in [0.1, 0.15) is 50.1 Å². The maximum absolute atomic E-state index is 12.3. The minimum atomic E-state index is -0.867. The zero-order valence-corrected chi connectivity index (χ0v) is 11.8. The zero-order valence-electron chi connectivity index (χ0n) is 11.8. The predicted octanol–water partition coefficient (Wildman–Crippen LogP) is 2.15. The average molecular weight is 280 g/mol. The molecule has 0 radical (unpaired) electrons. The Morgan fingerprint density at radius 3 is 2.90 bits per heavy atom. The Morgan fingerprint density at radius 2 is 2.30 bits per heavy atom. The van der Waals surface area contributed by atoms with E-state index in [2.05, 4.69) is 5.16 Å². The first-order valence-electron chi connectivity index (χ1n) is 6.92. The molecule has 1 aromatic rings. The summed E-state index contributed by atoms with van der Waals surface area (Å²) >= 11 is 0. The molecular weight excluding hydrogens is 260 g/mol. The number of hydrogen-bond acceptors (Lipinski definition) is 4. The van der Waals surface area contributed by atoms with Crippen LogP contribution in [-0.4, -0.2) is 33.6 Å². The Balaban J connectivity index is 1.99. The summed E-state index contributed by atoms with van der Waals surface area (Å²) in [5, 5.41) is 12.6. The van der Waals surface area contributed by atoms with Gasteiger partial charge in [-0.25, -0.2) is 0 Å². The van der Waals surface area contributed by atoms with Crippen LogP contribution in [0.25, 0.3) is 0 Å². The lowest BCUT2D eigenvalue weighted by Crippen LogP contribution is -2.31. The summed E-state index contributed by atoms with van der Waals surface area (Å²) in [5.74, 6) is -0.304. The van der Waals surface area contributed by atoms with Crippen LogP contribution in [0.5, 0.6) is 0 Å². The Bertz CT molecular complexity index is 497. The standard InChI is InChI=1S/C14H20N2O4/c1-9(7-14(18)19)6-13(17)16-5-3-4-11(16)12-8-10(2)15-20-12/h8-9,11H,3-7H2,1-2H3,(H,18,19). The van der Waals surface area contributed by atoms with Gasteiger partial charge in [0.2, 0.25) is 5.91 Å². The second-order valence-corrected chi connectivity index (χ2v) is 5.52. The van der Waals surface area contributed by atoms with Crippen molar-refractivity contribution >= 4 is 11.9 Å². The molecule has 6 nitrogen and oxygen atoms in total. The topological polar surface area (TPSA) is 83.6 Å². The minimum Gasteiger partial charge on any atom is -0.481 e. The lowest BCUT2D eigenvalue weighted by Gasteiger charge is -2.24. The van der Waals surface area contributed by atoms with Gasteiger partial charge in [-0.1, -0.05) is 12.1 Å². The van der Waals surface area contributed by atoms with E-state index in [1.165, 1.54) is 0 Å². The van der Waals surface area contributed by atoms with Gasteiger partial charge in [0.05, 0.1) is 11.7 Å². The Morgan fingerprint density at radius 1 is 1.55 bits per heavy atom. The molecule has 0 aromatic carbocycles. The highest BCUT2D eigenvalue weighted by atomic mass is 16.5. The molecule has 2 atom stereocenters. The number of carboxylic acid groups (broad SMARTS) is 1. The van der Waals surface area contributed by atoms with Crippen LogP contribution in [0.4, 0.5) is 0 Å². The van der Waals surface area contributed by atoms with Crippen LogP contribution in [0, 0.1) is 12.8 Å². The zero-order chi connectivity index (χ0) is 14.7. The summed E-state index contributed by atoms with van der Waals surface area (Å²) in [6.07, 6.45) is 2.08. The average Bonchev–Trinajstić information content (AvgIpc) is 2.95. The molecule has 2 heterocycles. The van der Waals surface area contributed by atoms with Gasteiger partial charge in [0.15, 0.2) is 5.76 Å². The highest BCUT2D eigenvalue weighted by molar-refractivity contribution is 5.78. The number of likely N-dealkylation sites (tertiary alicyclic amines) is 1. The predicted molar refractivity (Wildman–Crippen MR) is 71.0 cm³/mol. The number of carbonyl (C=O) groups excluding carboxylic acids is 1. The maximum Gasteiger partial charge on any atom is 0.303 e. The van der Waals surface area contributed by atoms with Crippen molar-refractivity contribution < 1.29 is 19.2 Å². The number of nitrogens with zero attached hydrogens (tertiary/aromatic N) is 2. The third-order valence-corrected chi connectivity index (χ3v) is 3.59. The van der Waals surface area contributed by atoms with Crippen molar-refractivity contribution in [1.82, 2.24) is 10.1 Å². The Kier molecular flexibility index (Phi) is 4.42. The highest BCUT2D eigenvalue weighted by Crippen LogP contribution is 2.33. The lowest BCUT2D eigenvalue weighted by atomic mass is 10.0. The van der Waals surface area contributed by atoms with E-state index in [1.807, 2.05) is 13.0 Å². The van der Waals surface area contributed by atoms with Gasteiger partial charge in [0.1, 0.15) is 0 Å². The second kappa shape index (κ2) is 6.07. The third kappa shape index (κ3) is 3.37. The first-order valence-corrected chi connectivity index (χ1v) is 6.92. The molecule has 1 aromatic heterocycles. The Hall–Kier alpha value is -1.85. The number of rotatable bonds is 5. The number of carboxylic acids is 1. The molecule has 0 bridgehead atoms. The van der Waals surface area contributed by atoms with Gasteiger partial charge in [-0.2, -0.15) is 0 Å². The number of aryl methyl sites for hydroxylation is 1. The van der Waals surface area contributed by atoms with Gasteiger partial charge in [-0.3, -0.25) is 9.59 Å². The normalized spacial score (nSPS) is 20.1. The van der Waals surface area contributed by atoms with Crippen molar-refractivity contribution in [2.24, 2.45) is 5.92 Å². The van der Waals surface area contributed by atoms with Crippen LogP contribution >= 0.6 is 0 Å². The highest BCUT2D eigenvalue weighted by Gasteiger charge is 2.33. The SMILES string of the molecule is Cc1cc(C2CCCN2C(=O)CC(C)CC(=O)O)on1. The van der Waals surface area contributed by atoms with E-state index in [0.29, 0.717) is 6.54 Å². The van der Waals surface area contributed by atoms with Gasteiger partial charge in [0, 0.05) is 25.5 Å². The summed E-state index contributed by atoms with van der Waals surface area (Å²) in [6.45, 7) is 4.34.